The van der Waals surface area contributed by atoms with Crippen LogP contribution in [0.1, 0.15) is 37.8 Å². The third-order valence-electron chi connectivity index (χ3n) is 4.90. The number of rotatable bonds is 9. The highest BCUT2D eigenvalue weighted by Crippen LogP contribution is 2.22. The first-order valence-corrected chi connectivity index (χ1v) is 11.4. The third-order valence-corrected chi connectivity index (χ3v) is 5.86. The first-order chi connectivity index (χ1) is 15.0. The molecule has 0 spiro atoms. The molecule has 0 unspecified atom stereocenters. The van der Waals surface area contributed by atoms with Gasteiger partial charge in [-0.1, -0.05) is 62.9 Å². The van der Waals surface area contributed by atoms with Crippen molar-refractivity contribution in [1.82, 2.24) is 14.9 Å². The van der Waals surface area contributed by atoms with Gasteiger partial charge in [0, 0.05) is 23.8 Å². The topological polar surface area (TPSA) is 76.0 Å². The fourth-order valence-corrected chi connectivity index (χ4v) is 3.92. The lowest BCUT2D eigenvalue weighted by Crippen LogP contribution is -2.34. The number of hydrogen-bond donors (Lipinski definition) is 2. The molecular weight excluding hydrogens is 408 g/mol. The lowest BCUT2D eigenvalue weighted by molar-refractivity contribution is -0.122. The smallest absolute Gasteiger partial charge is 0.243 e. The summed E-state index contributed by atoms with van der Waals surface area (Å²) in [5.74, 6) is 0.196. The fraction of sp³-hybridized carbons (Fsp3) is 0.292. The van der Waals surface area contributed by atoms with Gasteiger partial charge in [0.05, 0.1) is 12.3 Å². The van der Waals surface area contributed by atoms with Crippen LogP contribution in [0, 0.1) is 0 Å². The maximum absolute atomic E-state index is 12.2. The molecule has 1 aromatic heterocycles. The second-order valence-corrected chi connectivity index (χ2v) is 8.39. The number of anilines is 1. The second kappa shape index (κ2) is 10.8. The van der Waals surface area contributed by atoms with Crippen molar-refractivity contribution in [2.75, 3.05) is 17.6 Å². The Labute approximate surface area is 187 Å². The quantitative estimate of drug-likeness (QED) is 0.487. The van der Waals surface area contributed by atoms with E-state index in [1.165, 1.54) is 17.3 Å². The lowest BCUT2D eigenvalue weighted by atomic mass is 10.0. The van der Waals surface area contributed by atoms with Gasteiger partial charge < -0.3 is 10.6 Å². The van der Waals surface area contributed by atoms with Gasteiger partial charge in [-0.25, -0.2) is 4.98 Å². The lowest BCUT2D eigenvalue weighted by Gasteiger charge is -2.11. The van der Waals surface area contributed by atoms with Gasteiger partial charge in [-0.2, -0.15) is 0 Å². The van der Waals surface area contributed by atoms with E-state index in [0.717, 1.165) is 28.5 Å². The Morgan fingerprint density at radius 1 is 1.06 bits per heavy atom. The van der Waals surface area contributed by atoms with E-state index in [1.54, 1.807) is 6.20 Å². The molecule has 6 nitrogen and oxygen atoms in total. The van der Waals surface area contributed by atoms with E-state index >= 15 is 0 Å². The molecule has 3 aromatic rings. The Balaban J connectivity index is 1.50. The minimum absolute atomic E-state index is 0.0669. The highest BCUT2D eigenvalue weighted by molar-refractivity contribution is 7.99. The van der Waals surface area contributed by atoms with Crippen LogP contribution in [0.2, 0.25) is 0 Å². The van der Waals surface area contributed by atoms with E-state index in [0.29, 0.717) is 5.92 Å². The Kier molecular flexibility index (Phi) is 7.89. The average Bonchev–Trinajstić information content (AvgIpc) is 3.25. The molecule has 0 saturated heterocycles. The molecule has 162 valence electrons. The molecule has 0 bridgehead atoms. The zero-order chi connectivity index (χ0) is 22.2. The number of carbonyl (C=O) groups excluding carboxylic acids is 2. The van der Waals surface area contributed by atoms with Gasteiger partial charge >= 0.3 is 0 Å². The molecule has 0 aliphatic carbocycles. The van der Waals surface area contributed by atoms with Crippen molar-refractivity contribution in [3.8, 4) is 5.69 Å². The molecule has 0 aliphatic rings. The zero-order valence-electron chi connectivity index (χ0n) is 18.1. The molecule has 2 amide bonds. The average molecular weight is 437 g/mol. The maximum Gasteiger partial charge on any atom is 0.243 e. The molecule has 7 heteroatoms. The maximum atomic E-state index is 12.2. The molecule has 2 aromatic carbocycles. The Morgan fingerprint density at radius 2 is 1.81 bits per heavy atom. The highest BCUT2D eigenvalue weighted by atomic mass is 32.2. The van der Waals surface area contributed by atoms with E-state index in [2.05, 4.69) is 53.7 Å². The number of carbonyl (C=O) groups is 2. The molecule has 1 heterocycles. The van der Waals surface area contributed by atoms with Crippen molar-refractivity contribution in [3.63, 3.8) is 0 Å². The Hall–Kier alpha value is -3.06. The van der Waals surface area contributed by atoms with E-state index in [9.17, 15) is 9.59 Å². The summed E-state index contributed by atoms with van der Waals surface area (Å²) in [7, 11) is 0. The van der Waals surface area contributed by atoms with Crippen LogP contribution in [-0.4, -0.2) is 33.7 Å². The number of nitrogens with one attached hydrogen (secondary N) is 2. The largest absolute Gasteiger partial charge is 0.346 e. The molecule has 0 radical (unpaired) electrons. The number of hydrogen-bond acceptors (Lipinski definition) is 4. The standard InChI is InChI=1S/C24H28N4O2S/c1-4-18-7-5-6-8-21(18)27-22(29)15-26-23(30)16-31-24-25-13-14-28(24)20-11-9-19(10-12-20)17(2)3/h5-14,17H,4,15-16H2,1-3H3,(H,26,30)(H,27,29). The van der Waals surface area contributed by atoms with Gasteiger partial charge in [0.15, 0.2) is 5.16 Å². The molecule has 0 saturated carbocycles. The van der Waals surface area contributed by atoms with Crippen LogP contribution in [0.3, 0.4) is 0 Å². The van der Waals surface area contributed by atoms with Gasteiger partial charge in [0.1, 0.15) is 0 Å². The Bertz CT molecular complexity index is 1030. The van der Waals surface area contributed by atoms with Crippen molar-refractivity contribution in [2.24, 2.45) is 0 Å². The minimum atomic E-state index is -0.244. The number of thioether (sulfide) groups is 1. The first kappa shape index (κ1) is 22.6. The number of aryl methyl sites for hydroxylation is 1. The van der Waals surface area contributed by atoms with Crippen molar-refractivity contribution in [2.45, 2.75) is 38.3 Å². The van der Waals surface area contributed by atoms with E-state index in [4.69, 9.17) is 0 Å². The summed E-state index contributed by atoms with van der Waals surface area (Å²) >= 11 is 1.34. The van der Waals surface area contributed by atoms with Crippen LogP contribution < -0.4 is 10.6 Å². The summed E-state index contributed by atoms with van der Waals surface area (Å²) in [6, 6.07) is 16.0. The number of nitrogens with zero attached hydrogens (tertiary/aromatic N) is 2. The van der Waals surface area contributed by atoms with E-state index in [1.807, 2.05) is 42.0 Å². The van der Waals surface area contributed by atoms with Crippen LogP contribution in [0.5, 0.6) is 0 Å². The summed E-state index contributed by atoms with van der Waals surface area (Å²) in [4.78, 5) is 28.8. The predicted octanol–water partition coefficient (Wildman–Crippen LogP) is 4.41. The van der Waals surface area contributed by atoms with Gasteiger partial charge in [-0.05, 0) is 41.7 Å². The normalized spacial score (nSPS) is 10.8. The Morgan fingerprint density at radius 3 is 2.52 bits per heavy atom. The van der Waals surface area contributed by atoms with Crippen LogP contribution in [0.4, 0.5) is 5.69 Å². The molecule has 0 aliphatic heterocycles. The molecule has 0 atom stereocenters. The van der Waals surface area contributed by atoms with Crippen molar-refractivity contribution < 1.29 is 9.59 Å². The van der Waals surface area contributed by atoms with Gasteiger partial charge in [0.25, 0.3) is 0 Å². The number of benzene rings is 2. The first-order valence-electron chi connectivity index (χ1n) is 10.4. The molecule has 3 rings (SSSR count). The van der Waals surface area contributed by atoms with Crippen LogP contribution in [0.25, 0.3) is 5.69 Å². The van der Waals surface area contributed by atoms with Crippen molar-refractivity contribution in [3.05, 3.63) is 72.1 Å². The second-order valence-electron chi connectivity index (χ2n) is 7.45. The summed E-state index contributed by atoms with van der Waals surface area (Å²) in [6.45, 7) is 6.29. The molecule has 2 N–H and O–H groups in total. The summed E-state index contributed by atoms with van der Waals surface area (Å²) in [6.07, 6.45) is 4.42. The highest BCUT2D eigenvalue weighted by Gasteiger charge is 2.11. The van der Waals surface area contributed by atoms with Crippen molar-refractivity contribution in [1.29, 1.82) is 0 Å². The van der Waals surface area contributed by atoms with E-state index < -0.39 is 0 Å². The number of para-hydroxylation sites is 1. The van der Waals surface area contributed by atoms with Gasteiger partial charge in [0.2, 0.25) is 11.8 Å². The number of aromatic nitrogens is 2. The van der Waals surface area contributed by atoms with Crippen LogP contribution in [-0.2, 0) is 16.0 Å². The summed E-state index contributed by atoms with van der Waals surface area (Å²) in [5.41, 5.74) is 4.12. The van der Waals surface area contributed by atoms with Crippen LogP contribution >= 0.6 is 11.8 Å². The zero-order valence-corrected chi connectivity index (χ0v) is 18.9. The predicted molar refractivity (Wildman–Crippen MR) is 126 cm³/mol. The molecule has 0 fully saturated rings. The number of imidazole rings is 1. The SMILES string of the molecule is CCc1ccccc1NC(=O)CNC(=O)CSc1nccn1-c1ccc(C(C)C)cc1. The number of amides is 2. The fourth-order valence-electron chi connectivity index (χ4n) is 3.12. The monoisotopic (exact) mass is 436 g/mol. The van der Waals surface area contributed by atoms with Crippen molar-refractivity contribution >= 4 is 29.3 Å². The van der Waals surface area contributed by atoms with Crippen LogP contribution in [0.15, 0.2) is 66.1 Å². The van der Waals surface area contributed by atoms with Gasteiger partial charge in [-0.3, -0.25) is 14.2 Å². The minimum Gasteiger partial charge on any atom is -0.346 e. The summed E-state index contributed by atoms with van der Waals surface area (Å²) in [5, 5.41) is 6.26. The molecule has 31 heavy (non-hydrogen) atoms. The summed E-state index contributed by atoms with van der Waals surface area (Å²) < 4.78 is 1.95. The van der Waals surface area contributed by atoms with E-state index in [-0.39, 0.29) is 24.1 Å². The molecular formula is C24H28N4O2S. The third kappa shape index (κ3) is 6.21. The van der Waals surface area contributed by atoms with Gasteiger partial charge in [-0.15, -0.1) is 0 Å².